The minimum atomic E-state index is -1.81. The second kappa shape index (κ2) is 13.0. The van der Waals surface area contributed by atoms with Crippen molar-refractivity contribution in [2.45, 2.75) is 29.1 Å². The number of aromatic nitrogens is 1. The topological polar surface area (TPSA) is 186 Å². The van der Waals surface area contributed by atoms with E-state index in [0.717, 1.165) is 16.2 Å². The van der Waals surface area contributed by atoms with Crippen LogP contribution in [0, 0.1) is 0 Å². The maximum atomic E-state index is 13.1. The van der Waals surface area contributed by atoms with Crippen LogP contribution in [0.4, 0.5) is 9.93 Å². The molecule has 19 heteroatoms. The number of fused-ring (bicyclic) bond motifs is 1. The van der Waals surface area contributed by atoms with Crippen LogP contribution in [0.5, 0.6) is 0 Å². The highest BCUT2D eigenvalue weighted by atomic mass is 35.6. The third-order valence-electron chi connectivity index (χ3n) is 4.81. The first-order valence-corrected chi connectivity index (χ1v) is 13.9. The lowest BCUT2D eigenvalue weighted by molar-refractivity contribution is -0.150. The van der Waals surface area contributed by atoms with Crippen LogP contribution in [0.2, 0.25) is 0 Å². The number of β-lactam (4-membered cyclic amide) rings is 1. The zero-order valence-corrected chi connectivity index (χ0v) is 24.0. The summed E-state index contributed by atoms with van der Waals surface area (Å²) in [5.41, 5.74) is -0.328. The number of thiazole rings is 1. The van der Waals surface area contributed by atoms with E-state index in [0.29, 0.717) is 0 Å². The normalized spacial score (nSPS) is 19.1. The van der Waals surface area contributed by atoms with Gasteiger partial charge in [-0.05, 0) is 6.92 Å². The first kappa shape index (κ1) is 30.7. The Balaban J connectivity index is 1.71. The smallest absolute Gasteiger partial charge is 0.413 e. The number of aliphatic carboxylic acids is 1. The van der Waals surface area contributed by atoms with Crippen LogP contribution in [0.1, 0.15) is 19.5 Å². The summed E-state index contributed by atoms with van der Waals surface area (Å²) in [6.07, 6.45) is -0.959. The van der Waals surface area contributed by atoms with Crippen LogP contribution in [0.25, 0.3) is 0 Å². The molecule has 3 heterocycles. The summed E-state index contributed by atoms with van der Waals surface area (Å²) in [7, 11) is 0. The van der Waals surface area contributed by atoms with Gasteiger partial charge in [0.2, 0.25) is 3.79 Å². The SMILES string of the molecule is CCON=C(C(=O)N[C@@H]1C(=O)N2C(C(=O)O)=C(COC(C)=O)CS[C@H]12)c1csc(NC(=O)OCC(Cl)(Cl)Cl)n1. The third kappa shape index (κ3) is 7.88. The molecule has 14 nitrogen and oxygen atoms in total. The van der Waals surface area contributed by atoms with E-state index >= 15 is 0 Å². The number of nitrogens with zero attached hydrogens (tertiary/aromatic N) is 3. The van der Waals surface area contributed by atoms with Crippen molar-refractivity contribution in [3.05, 3.63) is 22.3 Å². The Labute approximate surface area is 243 Å². The van der Waals surface area contributed by atoms with Gasteiger partial charge in [0.05, 0.1) is 0 Å². The van der Waals surface area contributed by atoms with Gasteiger partial charge in [0.25, 0.3) is 11.8 Å². The molecule has 2 aliphatic rings. The van der Waals surface area contributed by atoms with Gasteiger partial charge in [-0.1, -0.05) is 40.0 Å². The molecule has 0 aliphatic carbocycles. The van der Waals surface area contributed by atoms with Crippen LogP contribution >= 0.6 is 57.9 Å². The van der Waals surface area contributed by atoms with Crippen LogP contribution < -0.4 is 10.6 Å². The number of carbonyl (C=O) groups excluding carboxylic acids is 4. The maximum Gasteiger partial charge on any atom is 0.413 e. The molecular formula is C20H20Cl3N5O9S2. The molecule has 3 N–H and O–H groups in total. The largest absolute Gasteiger partial charge is 0.477 e. The van der Waals surface area contributed by atoms with Gasteiger partial charge in [0, 0.05) is 23.6 Å². The number of ether oxygens (including phenoxy) is 2. The minimum absolute atomic E-state index is 0.0114. The third-order valence-corrected chi connectivity index (χ3v) is 7.23. The van der Waals surface area contributed by atoms with Crippen molar-refractivity contribution < 1.29 is 43.4 Å². The van der Waals surface area contributed by atoms with E-state index in [4.69, 9.17) is 49.1 Å². The number of esters is 1. The van der Waals surface area contributed by atoms with E-state index in [1.807, 2.05) is 0 Å². The van der Waals surface area contributed by atoms with Crippen molar-refractivity contribution in [3.8, 4) is 0 Å². The van der Waals surface area contributed by atoms with Crippen molar-refractivity contribution in [3.63, 3.8) is 0 Å². The summed E-state index contributed by atoms with van der Waals surface area (Å²) in [6, 6.07) is -1.08. The summed E-state index contributed by atoms with van der Waals surface area (Å²) >= 11 is 18.7. The van der Waals surface area contributed by atoms with Gasteiger partial charge in [-0.15, -0.1) is 23.1 Å². The van der Waals surface area contributed by atoms with Crippen LogP contribution in [0.15, 0.2) is 21.8 Å². The predicted molar refractivity (Wildman–Crippen MR) is 142 cm³/mol. The van der Waals surface area contributed by atoms with Crippen molar-refractivity contribution in [1.29, 1.82) is 0 Å². The van der Waals surface area contributed by atoms with Gasteiger partial charge in [-0.2, -0.15) is 0 Å². The number of hydrogen-bond acceptors (Lipinski definition) is 12. The molecule has 1 fully saturated rings. The number of alkyl halides is 3. The summed E-state index contributed by atoms with van der Waals surface area (Å²) in [5.74, 6) is -3.31. The van der Waals surface area contributed by atoms with Gasteiger partial charge >= 0.3 is 18.0 Å². The van der Waals surface area contributed by atoms with Gasteiger partial charge in [0.15, 0.2) is 10.8 Å². The first-order valence-electron chi connectivity index (χ1n) is 10.8. The Kier molecular flexibility index (Phi) is 10.3. The summed E-state index contributed by atoms with van der Waals surface area (Å²) < 4.78 is 7.85. The molecule has 0 saturated carbocycles. The lowest BCUT2D eigenvalue weighted by Crippen LogP contribution is -2.71. The molecule has 0 unspecified atom stereocenters. The molecule has 3 amide bonds. The van der Waals surface area contributed by atoms with Crippen LogP contribution in [-0.4, -0.2) is 91.3 Å². The minimum Gasteiger partial charge on any atom is -0.477 e. The Bertz CT molecular complexity index is 1230. The maximum absolute atomic E-state index is 13.1. The second-order valence-corrected chi connectivity index (χ2v) is 12.1. The molecule has 212 valence electrons. The Morgan fingerprint density at radius 1 is 1.28 bits per heavy atom. The van der Waals surface area contributed by atoms with Crippen LogP contribution in [-0.2, 0) is 33.5 Å². The van der Waals surface area contributed by atoms with Gasteiger partial charge in [-0.3, -0.25) is 24.6 Å². The molecule has 2 aliphatic heterocycles. The van der Waals surface area contributed by atoms with E-state index < -0.39 is 51.7 Å². The van der Waals surface area contributed by atoms with Crippen molar-refractivity contribution in [2.75, 3.05) is 30.9 Å². The van der Waals surface area contributed by atoms with E-state index in [-0.39, 0.29) is 46.8 Å². The molecule has 0 radical (unpaired) electrons. The van der Waals surface area contributed by atoms with Crippen LogP contribution in [0.3, 0.4) is 0 Å². The number of carboxylic acids is 1. The second-order valence-electron chi connectivity index (χ2n) is 7.61. The first-order chi connectivity index (χ1) is 18.3. The fraction of sp³-hybridized carbons (Fsp3) is 0.450. The Hall–Kier alpha value is -2.79. The van der Waals surface area contributed by atoms with E-state index in [9.17, 15) is 29.1 Å². The number of amides is 3. The summed E-state index contributed by atoms with van der Waals surface area (Å²) in [5, 5.41) is 19.0. The highest BCUT2D eigenvalue weighted by Crippen LogP contribution is 2.40. The fourth-order valence-corrected chi connectivity index (χ4v) is 5.41. The number of nitrogens with one attached hydrogen (secondary N) is 2. The Morgan fingerprint density at radius 3 is 2.62 bits per heavy atom. The van der Waals surface area contributed by atoms with Crippen molar-refractivity contribution in [1.82, 2.24) is 15.2 Å². The number of anilines is 1. The standard InChI is InChI=1S/C20H20Cl3N5O9S2/c1-3-37-27-11(10-6-39-18(24-10)26-19(34)36-7-20(21,22)23)14(30)25-12-15(31)28-13(17(32)33)9(4-35-8(2)29)5-38-16(12)28/h6,12,16H,3-5,7H2,1-2H3,(H,25,30)(H,32,33)(H,24,26,34)/t12-,16-/m1/s1. The average molecular weight is 645 g/mol. The highest BCUT2D eigenvalue weighted by molar-refractivity contribution is 8.00. The molecule has 3 rings (SSSR count). The summed E-state index contributed by atoms with van der Waals surface area (Å²) in [4.78, 5) is 71.0. The predicted octanol–water partition coefficient (Wildman–Crippen LogP) is 2.10. The molecule has 1 aromatic heterocycles. The molecule has 0 bridgehead atoms. The number of hydrogen-bond donors (Lipinski definition) is 3. The van der Waals surface area contributed by atoms with Crippen molar-refractivity contribution in [2.24, 2.45) is 5.16 Å². The molecule has 39 heavy (non-hydrogen) atoms. The van der Waals surface area contributed by atoms with E-state index in [1.54, 1.807) is 6.92 Å². The Morgan fingerprint density at radius 2 is 2.00 bits per heavy atom. The molecule has 2 atom stereocenters. The number of halogens is 3. The van der Waals surface area contributed by atoms with Gasteiger partial charge in [0.1, 0.15) is 42.6 Å². The molecule has 1 saturated heterocycles. The number of rotatable bonds is 10. The van der Waals surface area contributed by atoms with Gasteiger partial charge < -0.3 is 24.7 Å². The number of carbonyl (C=O) groups is 5. The fourth-order valence-electron chi connectivity index (χ4n) is 3.24. The zero-order valence-electron chi connectivity index (χ0n) is 20.1. The van der Waals surface area contributed by atoms with Gasteiger partial charge in [-0.25, -0.2) is 14.6 Å². The molecule has 0 spiro atoms. The molecular weight excluding hydrogens is 625 g/mol. The monoisotopic (exact) mass is 643 g/mol. The lowest BCUT2D eigenvalue weighted by atomic mass is 10.0. The molecule has 0 aromatic carbocycles. The number of oxime groups is 1. The van der Waals surface area contributed by atoms with E-state index in [1.165, 1.54) is 24.1 Å². The summed E-state index contributed by atoms with van der Waals surface area (Å²) in [6.45, 7) is 2.13. The number of thioether (sulfide) groups is 1. The molecule has 1 aromatic rings. The zero-order chi connectivity index (χ0) is 28.9. The number of carboxylic acid groups (broad SMARTS) is 1. The average Bonchev–Trinajstić information content (AvgIpc) is 3.31. The van der Waals surface area contributed by atoms with Crippen molar-refractivity contribution >= 4 is 98.6 Å². The highest BCUT2D eigenvalue weighted by Gasteiger charge is 2.54. The lowest BCUT2D eigenvalue weighted by Gasteiger charge is -2.49. The van der Waals surface area contributed by atoms with E-state index in [2.05, 4.69) is 20.8 Å². The quantitative estimate of drug-likeness (QED) is 0.111.